The van der Waals surface area contributed by atoms with Crippen molar-refractivity contribution in [3.05, 3.63) is 35.9 Å². The molecular weight excluding hydrogens is 190 g/mol. The van der Waals surface area contributed by atoms with Gasteiger partial charge in [-0.2, -0.15) is 0 Å². The van der Waals surface area contributed by atoms with Crippen LogP contribution in [-0.4, -0.2) is 18.1 Å². The molecule has 1 aromatic rings. The number of aromatic carboxylic acids is 1. The molecule has 1 aliphatic carbocycles. The van der Waals surface area contributed by atoms with Crippen molar-refractivity contribution in [2.24, 2.45) is 5.73 Å². The van der Waals surface area contributed by atoms with Gasteiger partial charge in [-0.25, -0.2) is 4.79 Å². The van der Waals surface area contributed by atoms with E-state index in [1.54, 1.807) is 30.3 Å². The fourth-order valence-corrected chi connectivity index (χ4v) is 0.831. The lowest BCUT2D eigenvalue weighted by Gasteiger charge is -2.05. The molecule has 1 aromatic carbocycles. The van der Waals surface area contributed by atoms with E-state index in [9.17, 15) is 4.79 Å². The maximum atomic E-state index is 10.2. The van der Waals surface area contributed by atoms with Gasteiger partial charge in [0.1, 0.15) is 0 Å². The minimum atomic E-state index is -0.879. The summed E-state index contributed by atoms with van der Waals surface area (Å²) in [5, 5.41) is 8.38. The summed E-state index contributed by atoms with van der Waals surface area (Å²) in [6.07, 6.45) is 6.00. The molecule has 2 rings (SSSR count). The molecule has 1 aliphatic rings. The van der Waals surface area contributed by atoms with Crippen molar-refractivity contribution in [3.63, 3.8) is 0 Å². The first-order valence-corrected chi connectivity index (χ1v) is 5.17. The van der Waals surface area contributed by atoms with Crippen LogP contribution in [0.3, 0.4) is 0 Å². The minimum absolute atomic E-state index is 0.331. The molecule has 0 atom stereocenters. The molecule has 0 amide bonds. The Hall–Kier alpha value is -1.35. The number of carboxylic acids is 1. The van der Waals surface area contributed by atoms with Gasteiger partial charge in [-0.05, 0) is 19.2 Å². The van der Waals surface area contributed by atoms with E-state index in [4.69, 9.17) is 5.11 Å². The first-order chi connectivity index (χ1) is 7.30. The first-order valence-electron chi connectivity index (χ1n) is 5.17. The predicted octanol–water partition coefficient (Wildman–Crippen LogP) is 2.52. The van der Waals surface area contributed by atoms with E-state index in [1.165, 1.54) is 32.7 Å². The molecule has 3 heteroatoms. The Morgan fingerprint density at radius 2 is 1.47 bits per heavy atom. The van der Waals surface area contributed by atoms with Crippen LogP contribution in [-0.2, 0) is 0 Å². The highest BCUT2D eigenvalue weighted by molar-refractivity contribution is 5.87. The Bertz CT molecular complexity index is 252. The predicted molar refractivity (Wildman–Crippen MR) is 62.0 cm³/mol. The third kappa shape index (κ3) is 6.69. The smallest absolute Gasteiger partial charge is 0.335 e. The molecule has 0 bridgehead atoms. The maximum Gasteiger partial charge on any atom is 0.335 e. The van der Waals surface area contributed by atoms with Crippen molar-refractivity contribution >= 4 is 5.97 Å². The number of carboxylic acid groups (broad SMARTS) is 1. The third-order valence-corrected chi connectivity index (χ3v) is 2.02. The van der Waals surface area contributed by atoms with Crippen molar-refractivity contribution in [2.45, 2.75) is 25.7 Å². The molecule has 0 aliphatic heterocycles. The minimum Gasteiger partial charge on any atom is -0.478 e. The van der Waals surface area contributed by atoms with E-state index in [0.717, 1.165) is 0 Å². The van der Waals surface area contributed by atoms with Crippen LogP contribution in [0.4, 0.5) is 0 Å². The Morgan fingerprint density at radius 1 is 1.07 bits per heavy atom. The third-order valence-electron chi connectivity index (χ3n) is 2.02. The molecule has 0 saturated heterocycles. The lowest BCUT2D eigenvalue weighted by Crippen LogP contribution is -1.93. The van der Waals surface area contributed by atoms with E-state index in [1.807, 2.05) is 0 Å². The quantitative estimate of drug-likeness (QED) is 0.747. The highest BCUT2D eigenvalue weighted by Gasteiger charge is 1.96. The van der Waals surface area contributed by atoms with Gasteiger partial charge in [0.2, 0.25) is 0 Å². The van der Waals surface area contributed by atoms with Gasteiger partial charge in [-0.15, -0.1) is 0 Å². The van der Waals surface area contributed by atoms with Crippen LogP contribution < -0.4 is 5.73 Å². The second-order valence-electron chi connectivity index (χ2n) is 3.09. The second kappa shape index (κ2) is 9.21. The highest BCUT2D eigenvalue weighted by Crippen LogP contribution is 2.15. The zero-order valence-corrected chi connectivity index (χ0v) is 9.15. The summed E-state index contributed by atoms with van der Waals surface area (Å²) in [5.41, 5.74) is 4.83. The molecule has 0 spiro atoms. The number of benzene rings is 1. The SMILES string of the molecule is C1CCC1.CN.O=C(O)c1ccccc1. The summed E-state index contributed by atoms with van der Waals surface area (Å²) < 4.78 is 0. The van der Waals surface area contributed by atoms with Crippen molar-refractivity contribution in [3.8, 4) is 0 Å². The van der Waals surface area contributed by atoms with Crippen LogP contribution in [0.25, 0.3) is 0 Å². The van der Waals surface area contributed by atoms with Crippen LogP contribution in [0.1, 0.15) is 36.0 Å². The van der Waals surface area contributed by atoms with E-state index in [2.05, 4.69) is 5.73 Å². The lowest BCUT2D eigenvalue weighted by atomic mass is 10.0. The molecule has 0 aromatic heterocycles. The summed E-state index contributed by atoms with van der Waals surface area (Å²) in [7, 11) is 1.50. The standard InChI is InChI=1S/C7H6O2.C4H8.CH5N/c8-7(9)6-4-2-1-3-5-6;1-2-4-3-1;1-2/h1-5H,(H,8,9);1-4H2;2H2,1H3. The fraction of sp³-hybridized carbons (Fsp3) is 0.417. The molecule has 0 unspecified atom stereocenters. The molecule has 3 nitrogen and oxygen atoms in total. The molecule has 0 heterocycles. The molecule has 15 heavy (non-hydrogen) atoms. The van der Waals surface area contributed by atoms with Crippen LogP contribution >= 0.6 is 0 Å². The fourth-order valence-electron chi connectivity index (χ4n) is 0.831. The second-order valence-corrected chi connectivity index (χ2v) is 3.09. The Morgan fingerprint density at radius 3 is 1.67 bits per heavy atom. The summed E-state index contributed by atoms with van der Waals surface area (Å²) in [4.78, 5) is 10.2. The summed E-state index contributed by atoms with van der Waals surface area (Å²) >= 11 is 0. The van der Waals surface area contributed by atoms with Gasteiger partial charge >= 0.3 is 5.97 Å². The van der Waals surface area contributed by atoms with Crippen LogP contribution in [0.2, 0.25) is 0 Å². The molecule has 84 valence electrons. The summed E-state index contributed by atoms with van der Waals surface area (Å²) in [5.74, 6) is -0.879. The van der Waals surface area contributed by atoms with Crippen molar-refractivity contribution in [2.75, 3.05) is 7.05 Å². The van der Waals surface area contributed by atoms with Crippen LogP contribution in [0.5, 0.6) is 0 Å². The highest BCUT2D eigenvalue weighted by atomic mass is 16.4. The summed E-state index contributed by atoms with van der Waals surface area (Å²) in [6.45, 7) is 0. The Labute approximate surface area is 90.9 Å². The number of rotatable bonds is 1. The van der Waals surface area contributed by atoms with Crippen molar-refractivity contribution in [1.82, 2.24) is 0 Å². The average molecular weight is 209 g/mol. The zero-order chi connectivity index (χ0) is 11.5. The van der Waals surface area contributed by atoms with Crippen molar-refractivity contribution in [1.29, 1.82) is 0 Å². The Kier molecular flexibility index (Phi) is 8.39. The molecule has 1 fully saturated rings. The first kappa shape index (κ1) is 13.7. The molecule has 3 N–H and O–H groups in total. The average Bonchev–Trinajstić information content (AvgIpc) is 2.20. The largest absolute Gasteiger partial charge is 0.478 e. The Balaban J connectivity index is 0.000000272. The topological polar surface area (TPSA) is 63.3 Å². The number of hydrogen-bond donors (Lipinski definition) is 2. The normalized spacial score (nSPS) is 12.1. The van der Waals surface area contributed by atoms with Gasteiger partial charge < -0.3 is 10.8 Å². The van der Waals surface area contributed by atoms with Gasteiger partial charge in [0.15, 0.2) is 0 Å². The van der Waals surface area contributed by atoms with E-state index >= 15 is 0 Å². The maximum absolute atomic E-state index is 10.2. The lowest BCUT2D eigenvalue weighted by molar-refractivity contribution is 0.0697. The van der Waals surface area contributed by atoms with E-state index < -0.39 is 5.97 Å². The molecular formula is C12H19NO2. The van der Waals surface area contributed by atoms with E-state index in [0.29, 0.717) is 5.56 Å². The molecule has 1 saturated carbocycles. The van der Waals surface area contributed by atoms with Gasteiger partial charge in [-0.3, -0.25) is 0 Å². The van der Waals surface area contributed by atoms with E-state index in [-0.39, 0.29) is 0 Å². The monoisotopic (exact) mass is 209 g/mol. The van der Waals surface area contributed by atoms with Crippen LogP contribution in [0.15, 0.2) is 30.3 Å². The van der Waals surface area contributed by atoms with Gasteiger partial charge in [0, 0.05) is 0 Å². The van der Waals surface area contributed by atoms with Gasteiger partial charge in [0.05, 0.1) is 5.56 Å². The number of hydrogen-bond acceptors (Lipinski definition) is 2. The van der Waals surface area contributed by atoms with Gasteiger partial charge in [0.25, 0.3) is 0 Å². The summed E-state index contributed by atoms with van der Waals surface area (Å²) in [6, 6.07) is 8.30. The number of nitrogens with two attached hydrogens (primary N) is 1. The zero-order valence-electron chi connectivity index (χ0n) is 9.15. The van der Waals surface area contributed by atoms with Crippen molar-refractivity contribution < 1.29 is 9.90 Å². The molecule has 0 radical (unpaired) electrons. The van der Waals surface area contributed by atoms with Gasteiger partial charge in [-0.1, -0.05) is 43.9 Å². The number of carbonyl (C=O) groups is 1. The van der Waals surface area contributed by atoms with Crippen LogP contribution in [0, 0.1) is 0 Å².